The van der Waals surface area contributed by atoms with Gasteiger partial charge in [-0.25, -0.2) is 0 Å². The normalized spacial score (nSPS) is 10.5. The minimum atomic E-state index is 0.913. The van der Waals surface area contributed by atoms with Gasteiger partial charge in [0.15, 0.2) is 0 Å². The first-order valence-electron chi connectivity index (χ1n) is 3.85. The summed E-state index contributed by atoms with van der Waals surface area (Å²) in [5.74, 6) is 0. The highest BCUT2D eigenvalue weighted by molar-refractivity contribution is 9.08. The summed E-state index contributed by atoms with van der Waals surface area (Å²) in [5, 5.41) is 5.27. The van der Waals surface area contributed by atoms with Crippen LogP contribution >= 0.6 is 15.9 Å². The molecule has 0 aliphatic heterocycles. The number of aryl methyl sites for hydroxylation is 2. The molecule has 0 N–H and O–H groups in total. The highest BCUT2D eigenvalue weighted by Gasteiger charge is 2.03. The van der Waals surface area contributed by atoms with E-state index in [0.717, 1.165) is 18.2 Å². The maximum absolute atomic E-state index is 4.36. The van der Waals surface area contributed by atoms with E-state index in [2.05, 4.69) is 34.1 Å². The molecule has 62 valence electrons. The first-order valence-corrected chi connectivity index (χ1v) is 4.97. The smallest absolute Gasteiger partial charge is 0.0664 e. The van der Waals surface area contributed by atoms with Crippen molar-refractivity contribution in [3.63, 3.8) is 0 Å². The van der Waals surface area contributed by atoms with Crippen molar-refractivity contribution < 1.29 is 0 Å². The van der Waals surface area contributed by atoms with Crippen LogP contribution in [-0.2, 0) is 18.8 Å². The minimum Gasteiger partial charge on any atom is -0.275 e. The summed E-state index contributed by atoms with van der Waals surface area (Å²) in [7, 11) is 1.96. The summed E-state index contributed by atoms with van der Waals surface area (Å²) in [6, 6.07) is 0. The minimum absolute atomic E-state index is 0.913. The molecule has 0 saturated carbocycles. The maximum Gasteiger partial charge on any atom is 0.0664 e. The fourth-order valence-corrected chi connectivity index (χ4v) is 1.61. The van der Waals surface area contributed by atoms with E-state index in [1.54, 1.807) is 0 Å². The van der Waals surface area contributed by atoms with Crippen molar-refractivity contribution in [3.05, 3.63) is 17.5 Å². The number of hydrogen-bond donors (Lipinski definition) is 0. The molecular formula is C8H13BrN2. The quantitative estimate of drug-likeness (QED) is 0.710. The highest BCUT2D eigenvalue weighted by Crippen LogP contribution is 2.11. The summed E-state index contributed by atoms with van der Waals surface area (Å²) in [5.41, 5.74) is 2.54. The molecule has 1 aromatic heterocycles. The molecule has 0 radical (unpaired) electrons. The van der Waals surface area contributed by atoms with E-state index >= 15 is 0 Å². The van der Waals surface area contributed by atoms with E-state index in [9.17, 15) is 0 Å². The zero-order chi connectivity index (χ0) is 8.27. The Bertz CT molecular complexity index is 230. The van der Waals surface area contributed by atoms with Crippen LogP contribution in [0.4, 0.5) is 0 Å². The van der Waals surface area contributed by atoms with Crippen LogP contribution in [0.2, 0.25) is 0 Å². The van der Waals surface area contributed by atoms with Gasteiger partial charge in [-0.05, 0) is 6.42 Å². The fourth-order valence-electron chi connectivity index (χ4n) is 1.14. The number of alkyl halides is 1. The Kier molecular flexibility index (Phi) is 3.12. The number of halogens is 1. The molecule has 2 nitrogen and oxygen atoms in total. The van der Waals surface area contributed by atoms with Gasteiger partial charge in [0, 0.05) is 24.1 Å². The fraction of sp³-hybridized carbons (Fsp3) is 0.625. The molecule has 3 heteroatoms. The van der Waals surface area contributed by atoms with Crippen LogP contribution in [0.3, 0.4) is 0 Å². The molecule has 1 rings (SSSR count). The molecule has 1 aromatic rings. The monoisotopic (exact) mass is 216 g/mol. The van der Waals surface area contributed by atoms with Gasteiger partial charge >= 0.3 is 0 Å². The number of aromatic nitrogens is 2. The maximum atomic E-state index is 4.36. The molecular weight excluding hydrogens is 204 g/mol. The van der Waals surface area contributed by atoms with Crippen molar-refractivity contribution in [2.45, 2.75) is 25.1 Å². The van der Waals surface area contributed by atoms with Crippen LogP contribution in [0.15, 0.2) is 6.20 Å². The first kappa shape index (κ1) is 8.78. The summed E-state index contributed by atoms with van der Waals surface area (Å²) in [6.07, 6.45) is 4.32. The van der Waals surface area contributed by atoms with Gasteiger partial charge in [-0.3, -0.25) is 4.68 Å². The summed E-state index contributed by atoms with van der Waals surface area (Å²) in [6.45, 7) is 2.17. The van der Waals surface area contributed by atoms with Crippen LogP contribution in [0, 0.1) is 0 Å². The summed E-state index contributed by atoms with van der Waals surface area (Å²) < 4.78 is 1.88. The molecule has 0 atom stereocenters. The Hall–Kier alpha value is -0.310. The zero-order valence-electron chi connectivity index (χ0n) is 6.97. The number of rotatable bonds is 3. The summed E-state index contributed by atoms with van der Waals surface area (Å²) >= 11 is 3.44. The molecule has 0 amide bonds. The lowest BCUT2D eigenvalue weighted by Crippen LogP contribution is -1.91. The van der Waals surface area contributed by atoms with Gasteiger partial charge in [-0.1, -0.05) is 29.3 Å². The van der Waals surface area contributed by atoms with Crippen LogP contribution in [-0.4, -0.2) is 9.78 Å². The van der Waals surface area contributed by atoms with E-state index in [4.69, 9.17) is 0 Å². The van der Waals surface area contributed by atoms with Gasteiger partial charge in [0.2, 0.25) is 0 Å². The van der Waals surface area contributed by atoms with Gasteiger partial charge in [0.1, 0.15) is 0 Å². The van der Waals surface area contributed by atoms with Crippen LogP contribution < -0.4 is 0 Å². The van der Waals surface area contributed by atoms with Crippen molar-refractivity contribution >= 4 is 15.9 Å². The molecule has 0 aliphatic rings. The van der Waals surface area contributed by atoms with Crippen molar-refractivity contribution in [3.8, 4) is 0 Å². The Morgan fingerprint density at radius 1 is 1.64 bits per heavy atom. The average Bonchev–Trinajstić information content (AvgIpc) is 2.32. The largest absolute Gasteiger partial charge is 0.275 e. The summed E-state index contributed by atoms with van der Waals surface area (Å²) in [4.78, 5) is 0. The number of hydrogen-bond acceptors (Lipinski definition) is 1. The zero-order valence-corrected chi connectivity index (χ0v) is 8.56. The Morgan fingerprint density at radius 2 is 2.36 bits per heavy atom. The lowest BCUT2D eigenvalue weighted by atomic mass is 10.2. The standard InChI is InChI=1S/C8H13BrN2/c1-3-4-8-7(5-9)6-11(2)10-8/h6H,3-5H2,1-2H3. The predicted molar refractivity (Wildman–Crippen MR) is 49.8 cm³/mol. The SMILES string of the molecule is CCCc1nn(C)cc1CBr. The van der Waals surface area contributed by atoms with Gasteiger partial charge in [-0.15, -0.1) is 0 Å². The van der Waals surface area contributed by atoms with E-state index in [1.165, 1.54) is 11.3 Å². The molecule has 11 heavy (non-hydrogen) atoms. The topological polar surface area (TPSA) is 17.8 Å². The van der Waals surface area contributed by atoms with E-state index in [0.29, 0.717) is 0 Å². The third-order valence-corrected chi connectivity index (χ3v) is 2.23. The second kappa shape index (κ2) is 3.90. The van der Waals surface area contributed by atoms with Gasteiger partial charge < -0.3 is 0 Å². The molecule has 0 spiro atoms. The van der Waals surface area contributed by atoms with Crippen LogP contribution in [0.1, 0.15) is 24.6 Å². The van der Waals surface area contributed by atoms with Crippen molar-refractivity contribution in [1.82, 2.24) is 9.78 Å². The Morgan fingerprint density at radius 3 is 2.91 bits per heavy atom. The van der Waals surface area contributed by atoms with Crippen molar-refractivity contribution in [1.29, 1.82) is 0 Å². The molecule has 0 aromatic carbocycles. The van der Waals surface area contributed by atoms with E-state index in [1.807, 2.05) is 11.7 Å². The van der Waals surface area contributed by atoms with Crippen molar-refractivity contribution in [2.75, 3.05) is 0 Å². The first-order chi connectivity index (χ1) is 5.27. The average molecular weight is 217 g/mol. The third kappa shape index (κ3) is 2.06. The molecule has 0 saturated heterocycles. The lowest BCUT2D eigenvalue weighted by Gasteiger charge is -1.93. The third-order valence-electron chi connectivity index (χ3n) is 1.62. The molecule has 0 fully saturated rings. The second-order valence-electron chi connectivity index (χ2n) is 2.66. The molecule has 0 unspecified atom stereocenters. The highest BCUT2D eigenvalue weighted by atomic mass is 79.9. The van der Waals surface area contributed by atoms with Gasteiger partial charge in [0.25, 0.3) is 0 Å². The molecule has 1 heterocycles. The Labute approximate surface area is 75.7 Å². The Balaban J connectivity index is 2.83. The van der Waals surface area contributed by atoms with Gasteiger partial charge in [-0.2, -0.15) is 5.10 Å². The van der Waals surface area contributed by atoms with E-state index in [-0.39, 0.29) is 0 Å². The van der Waals surface area contributed by atoms with E-state index < -0.39 is 0 Å². The second-order valence-corrected chi connectivity index (χ2v) is 3.22. The van der Waals surface area contributed by atoms with Gasteiger partial charge in [0.05, 0.1) is 5.69 Å². The molecule has 0 aliphatic carbocycles. The van der Waals surface area contributed by atoms with Crippen molar-refractivity contribution in [2.24, 2.45) is 7.05 Å². The lowest BCUT2D eigenvalue weighted by molar-refractivity contribution is 0.733. The predicted octanol–water partition coefficient (Wildman–Crippen LogP) is 2.27. The molecule has 0 bridgehead atoms. The van der Waals surface area contributed by atoms with Crippen LogP contribution in [0.25, 0.3) is 0 Å². The van der Waals surface area contributed by atoms with Crippen LogP contribution in [0.5, 0.6) is 0 Å². The number of nitrogens with zero attached hydrogens (tertiary/aromatic N) is 2.